The van der Waals surface area contributed by atoms with Gasteiger partial charge in [0.15, 0.2) is 0 Å². The van der Waals surface area contributed by atoms with Crippen molar-refractivity contribution in [1.82, 2.24) is 16.0 Å². The minimum Gasteiger partial charge on any atom is -0.462 e. The number of allylic oxidation sites excluding steroid dienone is 3. The Balaban J connectivity index is 2.84. The number of aliphatic hydroxyl groups excluding tert-OH is 3. The Morgan fingerprint density at radius 1 is 0.703 bits per heavy atom. The number of esters is 3. The summed E-state index contributed by atoms with van der Waals surface area (Å²) in [5.74, 6) is -2.31. The van der Waals surface area contributed by atoms with E-state index in [1.54, 1.807) is 20.8 Å². The maximum atomic E-state index is 12.4. The molecule has 0 amide bonds. The Labute approximate surface area is 217 Å². The highest BCUT2D eigenvalue weighted by atomic mass is 16.6. The largest absolute Gasteiger partial charge is 0.462 e. The van der Waals surface area contributed by atoms with Gasteiger partial charge in [0.05, 0.1) is 33.0 Å². The molecule has 3 atom stereocenters. The fraction of sp³-hybridized carbons (Fsp3) is 0.640. The smallest absolute Gasteiger partial charge is 0.332 e. The lowest BCUT2D eigenvalue weighted by molar-refractivity contribution is -0.151. The van der Waals surface area contributed by atoms with E-state index in [2.05, 4.69) is 16.0 Å². The molecule has 210 valence electrons. The van der Waals surface area contributed by atoms with Gasteiger partial charge < -0.3 is 45.5 Å². The van der Waals surface area contributed by atoms with Crippen molar-refractivity contribution in [3.63, 3.8) is 0 Å². The predicted molar refractivity (Wildman–Crippen MR) is 135 cm³/mol. The number of aliphatic hydroxyl groups is 3. The van der Waals surface area contributed by atoms with Crippen LogP contribution in [-0.4, -0.2) is 92.0 Å². The van der Waals surface area contributed by atoms with Crippen molar-refractivity contribution in [2.24, 2.45) is 11.8 Å². The molecule has 0 heterocycles. The Kier molecular flexibility index (Phi) is 15.7. The Bertz CT molecular complexity index is 826. The standard InChI is InChI=1S/C25H41N3O9/c1-17(26-6-9-29)12-23(32)35-15-20-4-5-22(37-25(34)14-19(3)28-8-11-31)21(20)16-36-24(33)13-18(2)27-7-10-30/h12-14,20-22,26-31H,4-11,15-16H2,1-3H3/b17-12-,18-13-,19-14-. The van der Waals surface area contributed by atoms with Crippen molar-refractivity contribution in [3.8, 4) is 0 Å². The first kappa shape index (κ1) is 31.9. The van der Waals surface area contributed by atoms with E-state index >= 15 is 0 Å². The van der Waals surface area contributed by atoms with Gasteiger partial charge in [0.2, 0.25) is 0 Å². The minimum absolute atomic E-state index is 0.0405. The van der Waals surface area contributed by atoms with E-state index in [0.29, 0.717) is 49.6 Å². The molecule has 0 radical (unpaired) electrons. The third kappa shape index (κ3) is 13.7. The van der Waals surface area contributed by atoms with Crippen LogP contribution < -0.4 is 16.0 Å². The van der Waals surface area contributed by atoms with Crippen molar-refractivity contribution in [2.75, 3.05) is 52.7 Å². The van der Waals surface area contributed by atoms with Crippen LogP contribution in [0.25, 0.3) is 0 Å². The summed E-state index contributed by atoms with van der Waals surface area (Å²) in [5.41, 5.74) is 1.63. The lowest BCUT2D eigenvalue weighted by Gasteiger charge is -2.24. The lowest BCUT2D eigenvalue weighted by atomic mass is 9.96. The molecule has 0 bridgehead atoms. The van der Waals surface area contributed by atoms with E-state index in [1.165, 1.54) is 18.2 Å². The van der Waals surface area contributed by atoms with Crippen LogP contribution in [0.4, 0.5) is 0 Å². The maximum absolute atomic E-state index is 12.4. The Hall–Kier alpha value is -3.09. The highest BCUT2D eigenvalue weighted by Crippen LogP contribution is 2.35. The van der Waals surface area contributed by atoms with E-state index in [4.69, 9.17) is 29.5 Å². The SMILES string of the molecule is C/C(=C/C(=O)OCC1CCC(OC(=O)/C=C(/C)NCCO)C1COC(=O)/C=C(/C)NCCO)NCCO. The molecule has 12 nitrogen and oxygen atoms in total. The van der Waals surface area contributed by atoms with Crippen LogP contribution in [0.15, 0.2) is 35.3 Å². The summed E-state index contributed by atoms with van der Waals surface area (Å²) in [4.78, 5) is 36.9. The van der Waals surface area contributed by atoms with Crippen molar-refractivity contribution in [2.45, 2.75) is 39.7 Å². The fourth-order valence-corrected chi connectivity index (χ4v) is 3.78. The molecule has 1 fully saturated rings. The quantitative estimate of drug-likeness (QED) is 0.0811. The second-order valence-electron chi connectivity index (χ2n) is 8.67. The molecule has 1 aliphatic rings. The third-order valence-corrected chi connectivity index (χ3v) is 5.58. The van der Waals surface area contributed by atoms with Gasteiger partial charge in [0.1, 0.15) is 6.10 Å². The predicted octanol–water partition coefficient (Wildman–Crippen LogP) is -0.532. The van der Waals surface area contributed by atoms with E-state index in [1.807, 2.05) is 0 Å². The van der Waals surface area contributed by atoms with E-state index in [-0.39, 0.29) is 39.0 Å². The highest BCUT2D eigenvalue weighted by Gasteiger charge is 2.40. The van der Waals surface area contributed by atoms with Crippen LogP contribution >= 0.6 is 0 Å². The summed E-state index contributed by atoms with van der Waals surface area (Å²) in [6.07, 6.45) is 4.40. The first-order chi connectivity index (χ1) is 17.7. The molecular formula is C25H41N3O9. The fourth-order valence-electron chi connectivity index (χ4n) is 3.78. The molecule has 1 rings (SSSR count). The van der Waals surface area contributed by atoms with Gasteiger partial charge in [-0.05, 0) is 33.6 Å². The molecule has 6 N–H and O–H groups in total. The highest BCUT2D eigenvalue weighted by molar-refractivity contribution is 5.83. The topological polar surface area (TPSA) is 176 Å². The molecule has 1 saturated carbocycles. The van der Waals surface area contributed by atoms with Gasteiger partial charge in [0, 0.05) is 66.8 Å². The lowest BCUT2D eigenvalue weighted by Crippen LogP contribution is -2.32. The monoisotopic (exact) mass is 527 g/mol. The van der Waals surface area contributed by atoms with Crippen molar-refractivity contribution >= 4 is 17.9 Å². The number of carbonyl (C=O) groups is 3. The maximum Gasteiger partial charge on any atom is 0.332 e. The minimum atomic E-state index is -0.590. The molecule has 12 heteroatoms. The van der Waals surface area contributed by atoms with Gasteiger partial charge in [0.25, 0.3) is 0 Å². The van der Waals surface area contributed by atoms with Crippen molar-refractivity contribution in [1.29, 1.82) is 0 Å². The summed E-state index contributed by atoms with van der Waals surface area (Å²) in [6.45, 7) is 5.73. The number of hydrogen-bond acceptors (Lipinski definition) is 12. The molecular weight excluding hydrogens is 486 g/mol. The summed E-state index contributed by atoms with van der Waals surface area (Å²) < 4.78 is 16.4. The Morgan fingerprint density at radius 3 is 1.59 bits per heavy atom. The second kappa shape index (κ2) is 18.2. The van der Waals surface area contributed by atoms with E-state index < -0.39 is 29.9 Å². The second-order valence-corrected chi connectivity index (χ2v) is 8.67. The van der Waals surface area contributed by atoms with Crippen LogP contribution in [0.2, 0.25) is 0 Å². The van der Waals surface area contributed by atoms with Gasteiger partial charge in [-0.3, -0.25) is 0 Å². The van der Waals surface area contributed by atoms with Crippen LogP contribution in [0.1, 0.15) is 33.6 Å². The summed E-state index contributed by atoms with van der Waals surface area (Å²) >= 11 is 0. The first-order valence-electron chi connectivity index (χ1n) is 12.3. The van der Waals surface area contributed by atoms with Gasteiger partial charge in [-0.25, -0.2) is 14.4 Å². The normalized spacial score (nSPS) is 20.3. The van der Waals surface area contributed by atoms with Crippen molar-refractivity contribution in [3.05, 3.63) is 35.3 Å². The zero-order valence-corrected chi connectivity index (χ0v) is 21.8. The van der Waals surface area contributed by atoms with Gasteiger partial charge in [-0.2, -0.15) is 0 Å². The van der Waals surface area contributed by atoms with Crippen molar-refractivity contribution < 1.29 is 43.9 Å². The summed E-state index contributed by atoms with van der Waals surface area (Å²) in [7, 11) is 0. The van der Waals surface area contributed by atoms with Gasteiger partial charge in [-0.1, -0.05) is 0 Å². The summed E-state index contributed by atoms with van der Waals surface area (Å²) in [6, 6.07) is 0. The molecule has 0 aromatic rings. The van der Waals surface area contributed by atoms with E-state index in [0.717, 1.165) is 0 Å². The van der Waals surface area contributed by atoms with Crippen LogP contribution in [0.3, 0.4) is 0 Å². The molecule has 0 spiro atoms. The zero-order valence-electron chi connectivity index (χ0n) is 21.8. The molecule has 37 heavy (non-hydrogen) atoms. The molecule has 0 aromatic carbocycles. The molecule has 0 saturated heterocycles. The average Bonchev–Trinajstić information content (AvgIpc) is 3.23. The number of carbonyl (C=O) groups excluding carboxylic acids is 3. The number of ether oxygens (including phenoxy) is 3. The first-order valence-corrected chi connectivity index (χ1v) is 12.3. The van der Waals surface area contributed by atoms with Gasteiger partial charge in [-0.15, -0.1) is 0 Å². The average molecular weight is 528 g/mol. The molecule has 0 aromatic heterocycles. The molecule has 1 aliphatic carbocycles. The van der Waals surface area contributed by atoms with Crippen LogP contribution in [-0.2, 0) is 28.6 Å². The Morgan fingerprint density at radius 2 is 1.14 bits per heavy atom. The number of nitrogens with one attached hydrogen (secondary N) is 3. The number of rotatable bonds is 17. The zero-order chi connectivity index (χ0) is 27.6. The molecule has 0 aliphatic heterocycles. The van der Waals surface area contributed by atoms with E-state index in [9.17, 15) is 14.4 Å². The van der Waals surface area contributed by atoms with Crippen LogP contribution in [0.5, 0.6) is 0 Å². The summed E-state index contributed by atoms with van der Waals surface area (Å²) in [5, 5.41) is 35.2. The van der Waals surface area contributed by atoms with Crippen LogP contribution in [0, 0.1) is 11.8 Å². The van der Waals surface area contributed by atoms with Gasteiger partial charge >= 0.3 is 17.9 Å². The number of hydrogen-bond donors (Lipinski definition) is 6. The molecule has 3 unspecified atom stereocenters. The third-order valence-electron chi connectivity index (χ3n) is 5.58.